The summed E-state index contributed by atoms with van der Waals surface area (Å²) in [6.07, 6.45) is 0.816. The smallest absolute Gasteiger partial charge is 0.264 e. The highest BCUT2D eigenvalue weighted by Crippen LogP contribution is 2.37. The van der Waals surface area contributed by atoms with E-state index in [2.05, 4.69) is 38.8 Å². The van der Waals surface area contributed by atoms with Crippen LogP contribution in [0.5, 0.6) is 0 Å². The third-order valence-electron chi connectivity index (χ3n) is 4.36. The topological polar surface area (TPSA) is 68.7 Å². The van der Waals surface area contributed by atoms with E-state index in [1.807, 2.05) is 10.3 Å². The predicted octanol–water partition coefficient (Wildman–Crippen LogP) is 2.83. The Morgan fingerprint density at radius 3 is 2.52 bits per heavy atom. The largest absolute Gasteiger partial charge is 0.411 e. The average Bonchev–Trinajstić information content (AvgIpc) is 2.76. The van der Waals surface area contributed by atoms with Crippen LogP contribution in [0.1, 0.15) is 26.5 Å². The number of thiazole rings is 1. The lowest BCUT2D eigenvalue weighted by Gasteiger charge is -2.37. The Balaban J connectivity index is 1.86. The van der Waals surface area contributed by atoms with Gasteiger partial charge in [-0.25, -0.2) is 4.98 Å². The van der Waals surface area contributed by atoms with Crippen molar-refractivity contribution in [2.24, 2.45) is 0 Å². The lowest BCUT2D eigenvalue weighted by molar-refractivity contribution is 0.176. The van der Waals surface area contributed by atoms with Crippen molar-refractivity contribution in [1.82, 2.24) is 4.98 Å². The molecule has 0 aliphatic carbocycles. The Kier molecular flexibility index (Phi) is 5.27. The molecule has 1 aromatic rings. The molecule has 1 aromatic heterocycles. The molecular weight excluding hydrogens is 352 g/mol. The van der Waals surface area contributed by atoms with Crippen molar-refractivity contribution >= 4 is 34.9 Å². The van der Waals surface area contributed by atoms with E-state index in [0.29, 0.717) is 19.7 Å². The summed E-state index contributed by atoms with van der Waals surface area (Å²) in [6, 6.07) is 0. The van der Waals surface area contributed by atoms with E-state index in [-0.39, 0.29) is 11.1 Å². The normalized spacial score (nSPS) is 17.4. The zero-order chi connectivity index (χ0) is 17.5. The van der Waals surface area contributed by atoms with Gasteiger partial charge in [-0.1, -0.05) is 20.8 Å². The molecule has 0 aromatic carbocycles. The maximum absolute atomic E-state index is 11.1. The SMILES string of the molecule is CC(C)(C)[Si](C)(C)OCc1csc(N2CC(OS(C)(=O)=O)C2)n1. The Bertz CT molecular complexity index is 646. The van der Waals surface area contributed by atoms with Gasteiger partial charge in [0.2, 0.25) is 0 Å². The molecule has 0 saturated carbocycles. The average molecular weight is 379 g/mol. The Morgan fingerprint density at radius 1 is 1.39 bits per heavy atom. The van der Waals surface area contributed by atoms with Crippen molar-refractivity contribution in [2.75, 3.05) is 24.2 Å². The fraction of sp³-hybridized carbons (Fsp3) is 0.786. The summed E-state index contributed by atoms with van der Waals surface area (Å²) in [5, 5.41) is 3.08. The fourth-order valence-electron chi connectivity index (χ4n) is 1.88. The molecule has 0 atom stereocenters. The molecule has 9 heteroatoms. The molecule has 1 saturated heterocycles. The summed E-state index contributed by atoms with van der Waals surface area (Å²) in [4.78, 5) is 6.61. The van der Waals surface area contributed by atoms with Crippen molar-refractivity contribution in [3.8, 4) is 0 Å². The van der Waals surface area contributed by atoms with E-state index >= 15 is 0 Å². The number of anilines is 1. The van der Waals surface area contributed by atoms with Crippen molar-refractivity contribution in [1.29, 1.82) is 0 Å². The van der Waals surface area contributed by atoms with Crippen LogP contribution in [0.3, 0.4) is 0 Å². The molecule has 0 amide bonds. The van der Waals surface area contributed by atoms with Gasteiger partial charge in [-0.3, -0.25) is 4.18 Å². The first-order valence-electron chi connectivity index (χ1n) is 7.59. The third-order valence-corrected chi connectivity index (χ3v) is 10.4. The van der Waals surface area contributed by atoms with Gasteiger partial charge >= 0.3 is 0 Å². The predicted molar refractivity (Wildman–Crippen MR) is 96.0 cm³/mol. The van der Waals surface area contributed by atoms with Crippen molar-refractivity contribution in [3.63, 3.8) is 0 Å². The molecule has 0 spiro atoms. The van der Waals surface area contributed by atoms with Crippen LogP contribution < -0.4 is 4.90 Å². The summed E-state index contributed by atoms with van der Waals surface area (Å²) in [5.41, 5.74) is 0.933. The lowest BCUT2D eigenvalue weighted by Crippen LogP contribution is -2.53. The van der Waals surface area contributed by atoms with Crippen LogP contribution in [0.15, 0.2) is 5.38 Å². The highest BCUT2D eigenvalue weighted by Gasteiger charge is 2.37. The van der Waals surface area contributed by atoms with Crippen molar-refractivity contribution < 1.29 is 17.0 Å². The summed E-state index contributed by atoms with van der Waals surface area (Å²) < 4.78 is 33.3. The lowest BCUT2D eigenvalue weighted by atomic mass is 10.2. The molecule has 0 N–H and O–H groups in total. The molecule has 1 aliphatic heterocycles. The molecule has 23 heavy (non-hydrogen) atoms. The van der Waals surface area contributed by atoms with Crippen molar-refractivity contribution in [3.05, 3.63) is 11.1 Å². The quantitative estimate of drug-likeness (QED) is 0.560. The van der Waals surface area contributed by atoms with Crippen LogP contribution in [-0.4, -0.2) is 47.2 Å². The molecule has 0 radical (unpaired) electrons. The van der Waals surface area contributed by atoms with Gasteiger partial charge in [0.25, 0.3) is 10.1 Å². The van der Waals surface area contributed by atoms with Gasteiger partial charge in [-0.05, 0) is 18.1 Å². The summed E-state index contributed by atoms with van der Waals surface area (Å²) in [6.45, 7) is 12.7. The number of hydrogen-bond acceptors (Lipinski definition) is 7. The molecule has 132 valence electrons. The standard InChI is InChI=1S/C14H26N2O4S2Si/c1-14(2,3)23(5,6)19-9-11-10-21-13(15-11)16-7-12(8-16)20-22(4,17)18/h10,12H,7-9H2,1-6H3. The number of rotatable bonds is 6. The zero-order valence-electron chi connectivity index (χ0n) is 14.6. The van der Waals surface area contributed by atoms with Crippen LogP contribution >= 0.6 is 11.3 Å². The first kappa shape index (κ1) is 18.8. The highest BCUT2D eigenvalue weighted by atomic mass is 32.2. The van der Waals surface area contributed by atoms with E-state index in [1.165, 1.54) is 0 Å². The second kappa shape index (κ2) is 6.44. The van der Waals surface area contributed by atoms with Gasteiger partial charge in [0.15, 0.2) is 13.4 Å². The second-order valence-electron chi connectivity index (χ2n) is 7.50. The minimum absolute atomic E-state index is 0.180. The van der Waals surface area contributed by atoms with Crippen molar-refractivity contribution in [2.45, 2.75) is 51.6 Å². The molecule has 1 fully saturated rings. The van der Waals surface area contributed by atoms with Gasteiger partial charge in [0, 0.05) is 18.5 Å². The maximum atomic E-state index is 11.1. The Hall–Kier alpha value is -0.483. The van der Waals surface area contributed by atoms with Gasteiger partial charge in [0.1, 0.15) is 6.10 Å². The highest BCUT2D eigenvalue weighted by molar-refractivity contribution is 7.86. The second-order valence-corrected chi connectivity index (χ2v) is 14.7. The van der Waals surface area contributed by atoms with Crippen LogP contribution in [0.25, 0.3) is 0 Å². The molecule has 0 bridgehead atoms. The molecular formula is C14H26N2O4S2Si. The maximum Gasteiger partial charge on any atom is 0.264 e. The van der Waals surface area contributed by atoms with Gasteiger partial charge in [-0.2, -0.15) is 8.42 Å². The molecule has 2 heterocycles. The number of nitrogens with zero attached hydrogens (tertiary/aromatic N) is 2. The molecule has 6 nitrogen and oxygen atoms in total. The zero-order valence-corrected chi connectivity index (χ0v) is 17.3. The van der Waals surface area contributed by atoms with E-state index in [1.54, 1.807) is 11.3 Å². The third kappa shape index (κ3) is 4.99. The van der Waals surface area contributed by atoms with Crippen LogP contribution in [-0.2, 0) is 25.3 Å². The fourth-order valence-corrected chi connectivity index (χ4v) is 4.27. The Morgan fingerprint density at radius 2 is 2.00 bits per heavy atom. The van der Waals surface area contributed by atoms with Gasteiger partial charge in [-0.15, -0.1) is 11.3 Å². The number of aromatic nitrogens is 1. The van der Waals surface area contributed by atoms with E-state index in [0.717, 1.165) is 17.1 Å². The molecule has 0 unspecified atom stereocenters. The minimum Gasteiger partial charge on any atom is -0.411 e. The molecule has 2 rings (SSSR count). The van der Waals surface area contributed by atoms with E-state index < -0.39 is 18.4 Å². The first-order chi connectivity index (χ1) is 10.4. The van der Waals surface area contributed by atoms with Gasteiger partial charge in [0.05, 0.1) is 18.6 Å². The van der Waals surface area contributed by atoms with E-state index in [9.17, 15) is 8.42 Å². The monoisotopic (exact) mass is 378 g/mol. The summed E-state index contributed by atoms with van der Waals surface area (Å²) in [7, 11) is -5.16. The molecule has 1 aliphatic rings. The summed E-state index contributed by atoms with van der Waals surface area (Å²) >= 11 is 1.56. The van der Waals surface area contributed by atoms with Gasteiger partial charge < -0.3 is 9.33 Å². The van der Waals surface area contributed by atoms with Crippen LogP contribution in [0, 0.1) is 0 Å². The van der Waals surface area contributed by atoms with E-state index in [4.69, 9.17) is 8.61 Å². The Labute approximate surface area is 144 Å². The van der Waals surface area contributed by atoms with Crippen LogP contribution in [0.4, 0.5) is 5.13 Å². The first-order valence-corrected chi connectivity index (χ1v) is 13.2. The minimum atomic E-state index is -3.38. The number of hydrogen-bond donors (Lipinski definition) is 0. The van der Waals surface area contributed by atoms with Crippen LogP contribution in [0.2, 0.25) is 18.1 Å². The summed E-state index contributed by atoms with van der Waals surface area (Å²) in [5.74, 6) is 0.